The third kappa shape index (κ3) is 28.5. The van der Waals surface area contributed by atoms with Gasteiger partial charge in [-0.1, -0.05) is 13.5 Å². The molecule has 11 rings (SSSR count). The number of aliphatic hydroxyl groups excluding tert-OH is 4. The zero-order valence-electron chi connectivity index (χ0n) is 64.7. The Labute approximate surface area is 735 Å². The van der Waals surface area contributed by atoms with E-state index in [0.717, 1.165) is 31.3 Å². The lowest BCUT2D eigenvalue weighted by atomic mass is 9.94. The van der Waals surface area contributed by atoms with Crippen molar-refractivity contribution in [1.82, 2.24) is 53.8 Å². The molecule has 8 unspecified atom stereocenters. The fourth-order valence-electron chi connectivity index (χ4n) is 11.7. The molecule has 82 heteroatoms. The summed E-state index contributed by atoms with van der Waals surface area (Å²) < 4.78 is 281. The molecule has 27 N–H and O–H groups in total. The second-order valence-corrected chi connectivity index (χ2v) is 44.9. The molecule has 0 aromatic carbocycles. The van der Waals surface area contributed by atoms with Crippen LogP contribution in [-0.2, 0) is 126 Å². The molecule has 131 heavy (non-hydrogen) atoms. The van der Waals surface area contributed by atoms with Crippen molar-refractivity contribution < 1.29 is 247 Å². The Morgan fingerprint density at radius 1 is 0.435 bits per heavy atom. The average molecular weight is 2180 g/mol. The molecule has 0 amide bonds. The molecular weight excluding hydrogens is 2100 g/mol. The van der Waals surface area contributed by atoms with Crippen LogP contribution in [0.2, 0.25) is 0 Å². The van der Waals surface area contributed by atoms with Crippen LogP contribution in [0.5, 0.6) is 0 Å². The first-order valence-corrected chi connectivity index (χ1v) is 53.4. The van der Waals surface area contributed by atoms with Crippen molar-refractivity contribution in [2.24, 2.45) is 4.99 Å². The predicted molar refractivity (Wildman–Crippen MR) is 419 cm³/mol. The van der Waals surface area contributed by atoms with E-state index in [2.05, 4.69) is 99.4 Å². The Bertz CT molecular complexity index is 5430. The fourth-order valence-corrected chi connectivity index (χ4v) is 24.6. The van der Waals surface area contributed by atoms with Crippen LogP contribution in [0.15, 0.2) is 85.4 Å². The highest BCUT2D eigenvalue weighted by Crippen LogP contribution is 2.71. The molecule has 0 bridgehead atoms. The first kappa shape index (κ1) is 112. The van der Waals surface area contributed by atoms with Crippen LogP contribution in [0, 0.1) is 0 Å². The zero-order chi connectivity index (χ0) is 99.0. The minimum atomic E-state index is -5.84. The molecule has 0 saturated carbocycles. The Hall–Kier alpha value is -4.44. The number of ether oxygens (including phenoxy) is 4. The van der Waals surface area contributed by atoms with E-state index in [1.165, 1.54) is 69.4 Å². The molecule has 11 heterocycles. The van der Waals surface area contributed by atoms with Crippen LogP contribution in [0.4, 0.5) is 39.0 Å². The number of halogens is 7. The molecule has 4 fully saturated rings. The third-order valence-corrected chi connectivity index (χ3v) is 33.5. The van der Waals surface area contributed by atoms with Gasteiger partial charge in [0.05, 0.1) is 74.2 Å². The number of nitrogens with zero attached hydrogens (tertiary/aromatic N) is 11. The SMILES string of the molecule is C=C1NC(=NC)C=CN1[C@@H]1O[C@](CCl)(COP(=O)(O)OP(=O)(O)OP(=O)(O)O)[C@@H](O)[C@H]1F.CC[C@]1(COP(=O)(O)OP(=O)(O)OP(=O)(O)O)O[C@@H](n2cnc3c(N)ccnc32)[C@H](F)[C@@H]1O.Nc1ccnc2c1ncn2[C@@H]1O[C@](CCl)(COP(=O)(O)OP(=O)(O)OP(=O)(O)O)[C@@H](O)[C@H]1F.Nc1ccnc2c1ncn2[C@@H]1O[C@](CF)(COP(=O)(O)OP(=O)(O)OP(=O)(O)O)[C@@H](O)[C@H]1F. The summed E-state index contributed by atoms with van der Waals surface area (Å²) in [6.07, 6.45) is -13.5. The topological polar surface area (TPSA) is 955 Å². The molecule has 6 aromatic rings. The van der Waals surface area contributed by atoms with Crippen LogP contribution in [0.1, 0.15) is 32.0 Å². The number of nitrogens with one attached hydrogen (secondary N) is 1. The quantitative estimate of drug-likeness (QED) is 0.0152. The van der Waals surface area contributed by atoms with Gasteiger partial charge in [0.25, 0.3) is 0 Å². The number of hydrogen-bond donors (Lipinski definition) is 24. The first-order valence-electron chi connectivity index (χ1n) is 34.3. The van der Waals surface area contributed by atoms with E-state index in [0.29, 0.717) is 5.84 Å². The monoisotopic (exact) mass is 2180 g/mol. The van der Waals surface area contributed by atoms with Crippen molar-refractivity contribution >= 4 is 173 Å². The molecule has 4 saturated heterocycles. The maximum absolute atomic E-state index is 15.0. The lowest BCUT2D eigenvalue weighted by Crippen LogP contribution is -2.48. The minimum Gasteiger partial charge on any atom is -0.397 e. The van der Waals surface area contributed by atoms with Crippen molar-refractivity contribution in [2.75, 3.05) is 69.1 Å². The van der Waals surface area contributed by atoms with E-state index in [9.17, 15) is 127 Å². The smallest absolute Gasteiger partial charge is 0.397 e. The number of phosphoric ester groups is 4. The summed E-state index contributed by atoms with van der Waals surface area (Å²) in [6, 6.07) is 4.32. The molecule has 24 atom stereocenters. The molecule has 6 aromatic heterocycles. The number of nitrogen functional groups attached to an aromatic ring is 3. The van der Waals surface area contributed by atoms with Gasteiger partial charge in [-0.3, -0.25) is 36.8 Å². The third-order valence-electron chi connectivity index (χ3n) is 17.5. The van der Waals surface area contributed by atoms with Gasteiger partial charge in [0.2, 0.25) is 0 Å². The molecule has 0 aliphatic carbocycles. The van der Waals surface area contributed by atoms with Gasteiger partial charge in [0.15, 0.2) is 72.1 Å². The summed E-state index contributed by atoms with van der Waals surface area (Å²) in [5.74, 6) is -0.870. The Morgan fingerprint density at radius 2 is 0.695 bits per heavy atom. The molecule has 0 spiro atoms. The zero-order valence-corrected chi connectivity index (χ0v) is 76.9. The standard InChI is InChI=1S/C13H20FN4O12P3.C12H17ClFN4O12P3.C12H20ClFN3O12P3.C12H17F2N4O12P3/c1-2-13(5-27-32(23,24)30-33(25,26)29-31(20,21)22)10(19)8(14)12(28-13)18-6-17-9-7(15)3-4-16-11(9)18;13-3-12(4-27-32(23,24)30-33(25,26)29-31(20,21)22)9(19)7(14)11(28-12)18-5-17-8-6(15)1-2-16-10(8)18;1-7-16-8(15-2)3-4-17(7)11-9(14)10(18)12(5-13,27-11)6-26-31(22,23)29-32(24,25)28-30(19,20)21;13-3-12(4-27-32(23,24)30-33(25,26)29-31(20,21)22)9(19)7(14)11(28-12)18-5-17-8-6(15)1-2-16-10(8)18/h3-4,6,8,10,12,19H,2,5H2,1H3,(H2,15,16)(H,23,24)(H,25,26)(H2,20,21,22);1-2,5,7,9,11,19H,3-4H2,(H2,15,16)(H,23,24)(H,25,26)(H2,20,21,22);3-4,9-11,18H,1,5-6H2,2H3,(H,15,16)(H,22,23)(H,24,25)(H2,19,20,21);1-2,5,7,9,11,19H,3-4H2,(H2,15,16)(H,23,24)(H,25,26)(H2,20,21,22)/t8-,10+,12-,13-;7-,9+,11-,12-;9-,10+,11-,12-;7-,9+,11-,12-/m1111/s1. The Kier molecular flexibility index (Phi) is 35.8. The fraction of sp³-hybridized carbons (Fsp3) is 0.531. The van der Waals surface area contributed by atoms with E-state index in [1.54, 1.807) is 0 Å². The normalized spacial score (nSPS) is 30.7. The first-order chi connectivity index (χ1) is 59.8. The number of aliphatic hydroxyl groups is 4. The number of anilines is 3. The van der Waals surface area contributed by atoms with Gasteiger partial charge in [-0.25, -0.2) is 107 Å². The van der Waals surface area contributed by atoms with E-state index >= 15 is 4.39 Å². The lowest BCUT2D eigenvalue weighted by molar-refractivity contribution is -0.134. The second kappa shape index (κ2) is 41.9. The average Bonchev–Trinajstić information content (AvgIpc) is 1.60. The number of pyridine rings is 3. The van der Waals surface area contributed by atoms with Gasteiger partial charge < -0.3 is 145 Å². The number of imidazole rings is 3. The van der Waals surface area contributed by atoms with E-state index in [-0.39, 0.29) is 62.8 Å². The number of phosphoric acid groups is 12. The molecule has 5 aliphatic rings. The second-order valence-electron chi connectivity index (χ2n) is 26.6. The number of rotatable bonds is 36. The summed E-state index contributed by atoms with van der Waals surface area (Å²) in [6.45, 7) is -1.32. The molecule has 63 nitrogen and oxygen atoms in total. The highest BCUT2D eigenvalue weighted by molar-refractivity contribution is 7.68. The van der Waals surface area contributed by atoms with Crippen molar-refractivity contribution in [3.63, 3.8) is 0 Å². The van der Waals surface area contributed by atoms with Gasteiger partial charge >= 0.3 is 93.9 Å². The van der Waals surface area contributed by atoms with Gasteiger partial charge in [0, 0.05) is 31.8 Å². The summed E-state index contributed by atoms with van der Waals surface area (Å²) >= 11 is 11.6. The van der Waals surface area contributed by atoms with E-state index in [1.807, 2.05) is 0 Å². The Morgan fingerprint density at radius 3 is 0.969 bits per heavy atom. The van der Waals surface area contributed by atoms with E-state index < -0.39 is 235 Å². The van der Waals surface area contributed by atoms with Crippen LogP contribution in [0.25, 0.3) is 33.5 Å². The van der Waals surface area contributed by atoms with Gasteiger partial charge in [-0.2, -0.15) is 34.5 Å². The van der Waals surface area contributed by atoms with Crippen molar-refractivity contribution in [1.29, 1.82) is 0 Å². The number of fused-ring (bicyclic) bond motifs is 3. The van der Waals surface area contributed by atoms with Crippen LogP contribution >= 0.6 is 117 Å². The van der Waals surface area contributed by atoms with E-state index in [4.69, 9.17) is 103 Å². The predicted octanol–water partition coefficient (Wildman–Crippen LogP) is 1.87. The van der Waals surface area contributed by atoms with Gasteiger partial charge in [0.1, 0.15) is 76.1 Å². The summed E-state index contributed by atoms with van der Waals surface area (Å²) in [5.41, 5.74) is 9.90. The summed E-state index contributed by atoms with van der Waals surface area (Å²) in [7, 11) is -66.4. The Balaban J connectivity index is 0.000000215. The molecular formula is C49H74Cl2F5N15O48P12. The van der Waals surface area contributed by atoms with Gasteiger partial charge in [-0.15, -0.1) is 23.2 Å². The minimum absolute atomic E-state index is 0.0115. The maximum atomic E-state index is 15.0. The number of hydrogen-bond acceptors (Lipinski definition) is 43. The number of nitrogens with two attached hydrogens (primary N) is 3. The highest BCUT2D eigenvalue weighted by atomic mass is 35.5. The highest BCUT2D eigenvalue weighted by Gasteiger charge is 2.63. The summed E-state index contributed by atoms with van der Waals surface area (Å²) in [4.78, 5) is 172. The van der Waals surface area contributed by atoms with Gasteiger partial charge in [-0.05, 0) is 30.7 Å². The van der Waals surface area contributed by atoms with Crippen LogP contribution in [0.3, 0.4) is 0 Å². The van der Waals surface area contributed by atoms with Crippen molar-refractivity contribution in [3.8, 4) is 0 Å². The molecule has 742 valence electrons. The lowest BCUT2D eigenvalue weighted by Gasteiger charge is -2.34. The maximum Gasteiger partial charge on any atom is 0.490 e. The molecule has 0 radical (unpaired) electrons. The number of alkyl halides is 7. The number of aliphatic imine (C=N–C) groups is 1. The number of amidine groups is 1. The van der Waals surface area contributed by atoms with Crippen molar-refractivity contribution in [2.45, 2.75) is 110 Å². The summed E-state index contributed by atoms with van der Waals surface area (Å²) in [5, 5.41) is 44.2. The molecule has 5 aliphatic heterocycles. The van der Waals surface area contributed by atoms with Crippen LogP contribution in [-0.4, -0.2) is 283 Å². The number of aromatic nitrogens is 9. The van der Waals surface area contributed by atoms with Crippen molar-refractivity contribution in [3.05, 3.63) is 80.4 Å². The largest absolute Gasteiger partial charge is 0.490 e. The van der Waals surface area contributed by atoms with Crippen LogP contribution < -0.4 is 22.5 Å².